The molecule has 2 fully saturated rings. The Morgan fingerprint density at radius 2 is 1.76 bits per heavy atom. The van der Waals surface area contributed by atoms with E-state index < -0.39 is 10.0 Å². The molecule has 0 amide bonds. The highest BCUT2D eigenvalue weighted by Crippen LogP contribution is 2.34. The van der Waals surface area contributed by atoms with Crippen molar-refractivity contribution >= 4 is 49.4 Å². The number of sulfonamides is 1. The van der Waals surface area contributed by atoms with Crippen LogP contribution in [-0.2, 0) is 10.0 Å². The van der Waals surface area contributed by atoms with Crippen LogP contribution in [0.5, 0.6) is 0 Å². The third kappa shape index (κ3) is 4.93. The molecule has 13 heteroatoms. The summed E-state index contributed by atoms with van der Waals surface area (Å²) in [6, 6.07) is 9.02. The number of aromatic nitrogens is 5. The highest BCUT2D eigenvalue weighted by atomic mass is 32.2. The van der Waals surface area contributed by atoms with Crippen molar-refractivity contribution in [2.45, 2.75) is 74.4 Å². The maximum atomic E-state index is 13.8. The molecular formula is C25H31N9O2S2. The van der Waals surface area contributed by atoms with E-state index >= 15 is 0 Å². The van der Waals surface area contributed by atoms with E-state index in [9.17, 15) is 8.42 Å². The Morgan fingerprint density at radius 1 is 1.00 bits per heavy atom. The normalized spacial score (nSPS) is 20.6. The van der Waals surface area contributed by atoms with Crippen LogP contribution < -0.4 is 20.9 Å². The molecule has 3 aromatic heterocycles. The first kappa shape index (κ1) is 25.0. The lowest BCUT2D eigenvalue weighted by Crippen LogP contribution is -2.37. The Morgan fingerprint density at radius 3 is 2.47 bits per heavy atom. The lowest BCUT2D eigenvalue weighted by atomic mass is 9.92. The summed E-state index contributed by atoms with van der Waals surface area (Å²) in [4.78, 5) is 18.7. The predicted octanol–water partition coefficient (Wildman–Crippen LogP) is 4.30. The monoisotopic (exact) mass is 553 g/mol. The summed E-state index contributed by atoms with van der Waals surface area (Å²) in [5.74, 6) is 0.743. The molecule has 200 valence electrons. The minimum Gasteiger partial charge on any atom is -0.351 e. The van der Waals surface area contributed by atoms with E-state index in [1.807, 2.05) is 0 Å². The van der Waals surface area contributed by atoms with E-state index in [4.69, 9.17) is 15.7 Å². The number of nitrogens with one attached hydrogen (secondary N) is 2. The molecule has 0 saturated heterocycles. The second kappa shape index (κ2) is 10.5. The fourth-order valence-corrected chi connectivity index (χ4v) is 7.38. The van der Waals surface area contributed by atoms with E-state index in [0.717, 1.165) is 42.9 Å². The number of nitrogens with zero attached hydrogens (tertiary/aromatic N) is 6. The average molecular weight is 554 g/mol. The molecule has 6 rings (SSSR count). The lowest BCUT2D eigenvalue weighted by Gasteiger charge is -2.27. The van der Waals surface area contributed by atoms with Crippen molar-refractivity contribution in [1.82, 2.24) is 24.5 Å². The summed E-state index contributed by atoms with van der Waals surface area (Å²) in [5.41, 5.74) is 10.4. The second-order valence-corrected chi connectivity index (χ2v) is 12.6. The first-order chi connectivity index (χ1) is 18.5. The van der Waals surface area contributed by atoms with Crippen molar-refractivity contribution < 1.29 is 8.42 Å². The highest BCUT2D eigenvalue weighted by Gasteiger charge is 2.30. The topological polar surface area (TPSA) is 144 Å². The number of anilines is 3. The number of fused-ring (bicyclic) bond motifs is 1. The van der Waals surface area contributed by atoms with Crippen LogP contribution in [-0.4, -0.2) is 45.0 Å². The van der Waals surface area contributed by atoms with Gasteiger partial charge in [-0.05, 0) is 50.7 Å². The van der Waals surface area contributed by atoms with E-state index in [1.54, 1.807) is 48.2 Å². The first-order valence-electron chi connectivity index (χ1n) is 13.0. The Kier molecular flexibility index (Phi) is 6.89. The van der Waals surface area contributed by atoms with Gasteiger partial charge in [0.05, 0.1) is 11.2 Å². The van der Waals surface area contributed by atoms with Crippen LogP contribution in [0.25, 0.3) is 11.2 Å². The maximum absolute atomic E-state index is 13.8. The van der Waals surface area contributed by atoms with Crippen molar-refractivity contribution in [3.8, 4) is 0 Å². The zero-order valence-electron chi connectivity index (χ0n) is 20.9. The third-order valence-corrected chi connectivity index (χ3v) is 9.81. The average Bonchev–Trinajstić information content (AvgIpc) is 3.71. The van der Waals surface area contributed by atoms with E-state index in [2.05, 4.69) is 25.3 Å². The fraction of sp³-hybridized carbons (Fsp3) is 0.440. The molecule has 1 aromatic carbocycles. The van der Waals surface area contributed by atoms with Crippen molar-refractivity contribution in [2.75, 3.05) is 15.2 Å². The molecule has 2 aliphatic carbocycles. The van der Waals surface area contributed by atoms with E-state index in [1.165, 1.54) is 24.2 Å². The minimum absolute atomic E-state index is 0.140. The smallest absolute Gasteiger partial charge is 0.283 e. The SMILES string of the molecule is NC1CCC(Nc2nc(NN(c3nccs3)S(=O)(=O)c3ccccc3)c3ncn(C4CCCC4)c3n2)CC1. The van der Waals surface area contributed by atoms with Crippen molar-refractivity contribution in [1.29, 1.82) is 0 Å². The number of hydrazine groups is 1. The Balaban J connectivity index is 1.42. The van der Waals surface area contributed by atoms with Crippen LogP contribution in [0.4, 0.5) is 16.9 Å². The van der Waals surface area contributed by atoms with Gasteiger partial charge in [0.1, 0.15) is 0 Å². The van der Waals surface area contributed by atoms with Gasteiger partial charge in [-0.2, -0.15) is 18.4 Å². The lowest BCUT2D eigenvalue weighted by molar-refractivity contribution is 0.410. The molecule has 4 aromatic rings. The maximum Gasteiger partial charge on any atom is 0.283 e. The molecule has 0 bridgehead atoms. The highest BCUT2D eigenvalue weighted by molar-refractivity contribution is 7.93. The summed E-state index contributed by atoms with van der Waals surface area (Å²) in [5, 5.41) is 5.48. The van der Waals surface area contributed by atoms with Gasteiger partial charge in [0.15, 0.2) is 17.0 Å². The molecule has 2 saturated carbocycles. The number of hydrogen-bond acceptors (Lipinski definition) is 10. The fourth-order valence-electron chi connectivity index (χ4n) is 5.28. The standard InChI is InChI=1S/C25H31N9O2S2/c26-17-10-12-18(13-11-17)29-24-30-22(21-23(31-24)33(16-28-21)19-6-4-5-7-19)32-34(25-27-14-15-37-25)38(35,36)20-8-2-1-3-9-20/h1-3,8-9,14-19H,4-7,10-13,26H2,(H2,29,30,31,32). The molecule has 0 aliphatic heterocycles. The van der Waals surface area contributed by atoms with Crippen molar-refractivity contribution in [3.05, 3.63) is 48.2 Å². The Hall–Kier alpha value is -3.29. The van der Waals surface area contributed by atoms with Crippen LogP contribution >= 0.6 is 11.3 Å². The number of hydrogen-bond donors (Lipinski definition) is 3. The van der Waals surface area contributed by atoms with Gasteiger partial charge in [-0.1, -0.05) is 31.0 Å². The van der Waals surface area contributed by atoms with Crippen LogP contribution in [0, 0.1) is 0 Å². The van der Waals surface area contributed by atoms with Crippen molar-refractivity contribution in [2.24, 2.45) is 5.73 Å². The van der Waals surface area contributed by atoms with Gasteiger partial charge < -0.3 is 15.6 Å². The molecule has 0 radical (unpaired) electrons. The van der Waals surface area contributed by atoms with Crippen LogP contribution in [0.15, 0.2) is 53.1 Å². The molecule has 11 nitrogen and oxygen atoms in total. The number of imidazole rings is 1. The molecule has 3 heterocycles. The number of thiazole rings is 1. The number of nitrogens with two attached hydrogens (primary N) is 1. The van der Waals surface area contributed by atoms with Gasteiger partial charge in [-0.25, -0.2) is 9.97 Å². The van der Waals surface area contributed by atoms with Crippen molar-refractivity contribution in [3.63, 3.8) is 0 Å². The van der Waals surface area contributed by atoms with Gasteiger partial charge >= 0.3 is 0 Å². The van der Waals surface area contributed by atoms with E-state index in [-0.39, 0.29) is 22.1 Å². The molecule has 38 heavy (non-hydrogen) atoms. The summed E-state index contributed by atoms with van der Waals surface area (Å²) in [6.45, 7) is 0. The quantitative estimate of drug-likeness (QED) is 0.272. The van der Waals surface area contributed by atoms with Gasteiger partial charge in [0.2, 0.25) is 11.1 Å². The van der Waals surface area contributed by atoms with Gasteiger partial charge in [-0.15, -0.1) is 15.8 Å². The number of benzene rings is 1. The molecular weight excluding hydrogens is 522 g/mol. The predicted molar refractivity (Wildman–Crippen MR) is 149 cm³/mol. The Labute approximate surface area is 225 Å². The zero-order chi connectivity index (χ0) is 26.1. The van der Waals surface area contributed by atoms with Crippen LogP contribution in [0.2, 0.25) is 0 Å². The minimum atomic E-state index is -4.01. The summed E-state index contributed by atoms with van der Waals surface area (Å²) >= 11 is 1.21. The van der Waals surface area contributed by atoms with Gasteiger partial charge in [0.25, 0.3) is 10.0 Å². The Bertz CT molecular complexity index is 1480. The summed E-state index contributed by atoms with van der Waals surface area (Å²) in [6.07, 6.45) is 11.6. The van der Waals surface area contributed by atoms with Crippen LogP contribution in [0.1, 0.15) is 57.4 Å². The zero-order valence-corrected chi connectivity index (χ0v) is 22.5. The molecule has 0 unspecified atom stereocenters. The summed E-state index contributed by atoms with van der Waals surface area (Å²) < 4.78 is 30.7. The van der Waals surface area contributed by atoms with E-state index in [0.29, 0.717) is 29.0 Å². The summed E-state index contributed by atoms with van der Waals surface area (Å²) in [7, 11) is -4.01. The molecule has 0 spiro atoms. The third-order valence-electron chi connectivity index (χ3n) is 7.33. The largest absolute Gasteiger partial charge is 0.351 e. The number of rotatable bonds is 8. The molecule has 2 aliphatic rings. The van der Waals surface area contributed by atoms with Gasteiger partial charge in [0, 0.05) is 29.7 Å². The molecule has 0 atom stereocenters. The van der Waals surface area contributed by atoms with Crippen LogP contribution in [0.3, 0.4) is 0 Å². The van der Waals surface area contributed by atoms with Gasteiger partial charge in [-0.3, -0.25) is 5.43 Å². The second-order valence-electron chi connectivity index (χ2n) is 9.92. The first-order valence-corrected chi connectivity index (χ1v) is 15.3. The molecule has 4 N–H and O–H groups in total.